The van der Waals surface area contributed by atoms with Crippen LogP contribution in [0.5, 0.6) is 5.75 Å². The Hall–Kier alpha value is -1.26. The summed E-state index contributed by atoms with van der Waals surface area (Å²) in [6, 6.07) is 8.02. The highest BCUT2D eigenvalue weighted by atomic mass is 35.5. The number of aryl methyl sites for hydroxylation is 1. The lowest BCUT2D eigenvalue weighted by molar-refractivity contribution is -0.132. The lowest BCUT2D eigenvalue weighted by Gasteiger charge is -2.30. The number of likely N-dealkylation sites (tertiary alicyclic amines) is 1. The standard InChI is InChI=1S/C15H22N2O2.ClH/c1-19-14-7-4-12(5-8-14)6-9-15(18)17-10-2-3-13(16)11-17;/h4-5,7-8,13H,2-3,6,9-11,16H2,1H3;1H/t13-;/m1./s1. The molecular formula is C15H23ClN2O2. The quantitative estimate of drug-likeness (QED) is 0.925. The lowest BCUT2D eigenvalue weighted by Crippen LogP contribution is -2.45. The molecule has 0 aromatic heterocycles. The molecule has 4 nitrogen and oxygen atoms in total. The first kappa shape index (κ1) is 16.8. The van der Waals surface area contributed by atoms with Crippen LogP contribution in [-0.2, 0) is 11.2 Å². The zero-order valence-corrected chi connectivity index (χ0v) is 12.7. The molecule has 1 saturated heterocycles. The molecule has 1 atom stereocenters. The van der Waals surface area contributed by atoms with Crippen molar-refractivity contribution in [3.05, 3.63) is 29.8 Å². The van der Waals surface area contributed by atoms with E-state index in [0.717, 1.165) is 37.1 Å². The second-order valence-electron chi connectivity index (χ2n) is 5.09. The second-order valence-corrected chi connectivity index (χ2v) is 5.09. The van der Waals surface area contributed by atoms with Crippen molar-refractivity contribution in [1.82, 2.24) is 4.90 Å². The molecule has 0 aliphatic carbocycles. The number of piperidine rings is 1. The Morgan fingerprint density at radius 3 is 2.70 bits per heavy atom. The Balaban J connectivity index is 0.00000200. The summed E-state index contributed by atoms with van der Waals surface area (Å²) in [6.45, 7) is 1.57. The summed E-state index contributed by atoms with van der Waals surface area (Å²) in [5, 5.41) is 0. The predicted octanol–water partition coefficient (Wildman–Crippen LogP) is 2.00. The van der Waals surface area contributed by atoms with Gasteiger partial charge in [0, 0.05) is 25.6 Å². The van der Waals surface area contributed by atoms with Gasteiger partial charge in [-0.15, -0.1) is 12.4 Å². The van der Waals surface area contributed by atoms with Crippen LogP contribution in [0.4, 0.5) is 0 Å². The number of carbonyl (C=O) groups is 1. The molecule has 1 amide bonds. The van der Waals surface area contributed by atoms with Gasteiger partial charge in [0.2, 0.25) is 5.91 Å². The molecule has 1 aliphatic heterocycles. The first-order valence-electron chi connectivity index (χ1n) is 6.85. The van der Waals surface area contributed by atoms with Crippen molar-refractivity contribution in [3.63, 3.8) is 0 Å². The number of hydrogen-bond donors (Lipinski definition) is 1. The summed E-state index contributed by atoms with van der Waals surface area (Å²) in [7, 11) is 1.65. The van der Waals surface area contributed by atoms with Gasteiger partial charge in [0.05, 0.1) is 7.11 Å². The van der Waals surface area contributed by atoms with Crippen LogP contribution in [0.2, 0.25) is 0 Å². The van der Waals surface area contributed by atoms with E-state index in [1.54, 1.807) is 7.11 Å². The molecule has 0 radical (unpaired) electrons. The highest BCUT2D eigenvalue weighted by Gasteiger charge is 2.20. The maximum Gasteiger partial charge on any atom is 0.222 e. The van der Waals surface area contributed by atoms with Crippen molar-refractivity contribution in [3.8, 4) is 5.75 Å². The van der Waals surface area contributed by atoms with Crippen molar-refractivity contribution < 1.29 is 9.53 Å². The molecule has 0 unspecified atom stereocenters. The Bertz CT molecular complexity index is 422. The van der Waals surface area contributed by atoms with Crippen LogP contribution in [-0.4, -0.2) is 37.0 Å². The molecule has 0 spiro atoms. The van der Waals surface area contributed by atoms with Gasteiger partial charge in [-0.3, -0.25) is 4.79 Å². The molecule has 1 aliphatic rings. The third-order valence-electron chi connectivity index (χ3n) is 3.60. The molecule has 2 N–H and O–H groups in total. The summed E-state index contributed by atoms with van der Waals surface area (Å²) >= 11 is 0. The van der Waals surface area contributed by atoms with Crippen LogP contribution >= 0.6 is 12.4 Å². The average Bonchev–Trinajstić information content (AvgIpc) is 2.45. The fourth-order valence-corrected chi connectivity index (χ4v) is 2.44. The Morgan fingerprint density at radius 1 is 1.40 bits per heavy atom. The molecule has 0 bridgehead atoms. The van der Waals surface area contributed by atoms with Gasteiger partial charge in [-0.1, -0.05) is 12.1 Å². The van der Waals surface area contributed by atoms with Gasteiger partial charge in [0.25, 0.3) is 0 Å². The molecule has 5 heteroatoms. The van der Waals surface area contributed by atoms with Crippen LogP contribution in [0.15, 0.2) is 24.3 Å². The monoisotopic (exact) mass is 298 g/mol. The number of nitrogens with two attached hydrogens (primary N) is 1. The number of carbonyl (C=O) groups excluding carboxylic acids is 1. The summed E-state index contributed by atoms with van der Waals surface area (Å²) in [5.41, 5.74) is 7.06. The zero-order valence-electron chi connectivity index (χ0n) is 11.9. The smallest absolute Gasteiger partial charge is 0.222 e. The minimum Gasteiger partial charge on any atom is -0.497 e. The van der Waals surface area contributed by atoms with Gasteiger partial charge in [0.15, 0.2) is 0 Å². The van der Waals surface area contributed by atoms with Crippen molar-refractivity contribution in [2.75, 3.05) is 20.2 Å². The van der Waals surface area contributed by atoms with Gasteiger partial charge in [-0.2, -0.15) is 0 Å². The van der Waals surface area contributed by atoms with Crippen LogP contribution in [0, 0.1) is 0 Å². The highest BCUT2D eigenvalue weighted by Crippen LogP contribution is 2.14. The summed E-state index contributed by atoms with van der Waals surface area (Å²) < 4.78 is 5.11. The van der Waals surface area contributed by atoms with Gasteiger partial charge < -0.3 is 15.4 Å². The van der Waals surface area contributed by atoms with Gasteiger partial charge >= 0.3 is 0 Å². The van der Waals surface area contributed by atoms with Gasteiger partial charge in [0.1, 0.15) is 5.75 Å². The molecule has 1 heterocycles. The highest BCUT2D eigenvalue weighted by molar-refractivity contribution is 5.85. The second kappa shape index (κ2) is 8.12. The van der Waals surface area contributed by atoms with E-state index in [1.165, 1.54) is 0 Å². The summed E-state index contributed by atoms with van der Waals surface area (Å²) in [5.74, 6) is 1.06. The lowest BCUT2D eigenvalue weighted by atomic mass is 10.0. The fraction of sp³-hybridized carbons (Fsp3) is 0.533. The Labute approximate surface area is 126 Å². The van der Waals surface area contributed by atoms with Crippen LogP contribution in [0.25, 0.3) is 0 Å². The third kappa shape index (κ3) is 4.69. The zero-order chi connectivity index (χ0) is 13.7. The molecule has 1 aromatic carbocycles. The molecule has 2 rings (SSSR count). The molecule has 1 aromatic rings. The van der Waals surface area contributed by atoms with E-state index in [9.17, 15) is 4.79 Å². The average molecular weight is 299 g/mol. The summed E-state index contributed by atoms with van der Waals surface area (Å²) in [4.78, 5) is 14.0. The van der Waals surface area contributed by atoms with E-state index in [-0.39, 0.29) is 24.4 Å². The third-order valence-corrected chi connectivity index (χ3v) is 3.60. The van der Waals surface area contributed by atoms with Crippen molar-refractivity contribution in [2.24, 2.45) is 5.73 Å². The van der Waals surface area contributed by atoms with E-state index in [4.69, 9.17) is 10.5 Å². The van der Waals surface area contributed by atoms with E-state index >= 15 is 0 Å². The minimum absolute atomic E-state index is 0. The number of rotatable bonds is 4. The first-order chi connectivity index (χ1) is 9.19. The topological polar surface area (TPSA) is 55.6 Å². The number of amides is 1. The van der Waals surface area contributed by atoms with Crippen molar-refractivity contribution in [1.29, 1.82) is 0 Å². The predicted molar refractivity (Wildman–Crippen MR) is 82.4 cm³/mol. The molecule has 1 fully saturated rings. The van der Waals surface area contributed by atoms with Crippen LogP contribution < -0.4 is 10.5 Å². The molecular weight excluding hydrogens is 276 g/mol. The minimum atomic E-state index is 0. The van der Waals surface area contributed by atoms with Crippen molar-refractivity contribution in [2.45, 2.75) is 31.7 Å². The van der Waals surface area contributed by atoms with E-state index < -0.39 is 0 Å². The molecule has 20 heavy (non-hydrogen) atoms. The van der Waals surface area contributed by atoms with Crippen LogP contribution in [0.3, 0.4) is 0 Å². The number of halogens is 1. The largest absolute Gasteiger partial charge is 0.497 e. The molecule has 112 valence electrons. The number of hydrogen-bond acceptors (Lipinski definition) is 3. The maximum absolute atomic E-state index is 12.1. The van der Waals surface area contributed by atoms with Crippen LogP contribution in [0.1, 0.15) is 24.8 Å². The number of methoxy groups -OCH3 is 1. The van der Waals surface area contributed by atoms with E-state index in [1.807, 2.05) is 29.2 Å². The van der Waals surface area contributed by atoms with Gasteiger partial charge in [-0.25, -0.2) is 0 Å². The normalized spacial score (nSPS) is 18.3. The maximum atomic E-state index is 12.1. The van der Waals surface area contributed by atoms with E-state index in [0.29, 0.717) is 13.0 Å². The SMILES string of the molecule is COc1ccc(CCC(=O)N2CCC[C@@H](N)C2)cc1.Cl. The van der Waals surface area contributed by atoms with E-state index in [2.05, 4.69) is 0 Å². The Kier molecular flexibility index (Phi) is 6.82. The number of nitrogens with zero attached hydrogens (tertiary/aromatic N) is 1. The van der Waals surface area contributed by atoms with Crippen molar-refractivity contribution >= 4 is 18.3 Å². The first-order valence-corrected chi connectivity index (χ1v) is 6.85. The number of ether oxygens (including phenoxy) is 1. The number of benzene rings is 1. The molecule has 0 saturated carbocycles. The Morgan fingerprint density at radius 2 is 2.10 bits per heavy atom. The van der Waals surface area contributed by atoms with Gasteiger partial charge in [-0.05, 0) is 37.0 Å². The summed E-state index contributed by atoms with van der Waals surface area (Å²) in [6.07, 6.45) is 3.38. The fourth-order valence-electron chi connectivity index (χ4n) is 2.44.